The number of nitro benzene ring substituents is 1. The van der Waals surface area contributed by atoms with E-state index >= 15 is 0 Å². The van der Waals surface area contributed by atoms with Gasteiger partial charge in [0.25, 0.3) is 5.69 Å². The standard InChI is InChI=1S/C12H11N3O4S/c16-12(17)9-2-1-8(15(18)19)7-10(9)13-4-3-11-14-5-6-20-11/h1-2,5-7,13H,3-4H2,(H,16,17). The fourth-order valence-electron chi connectivity index (χ4n) is 1.66. The van der Waals surface area contributed by atoms with Crippen molar-refractivity contribution in [3.05, 3.63) is 50.5 Å². The van der Waals surface area contributed by atoms with Crippen LogP contribution >= 0.6 is 11.3 Å². The van der Waals surface area contributed by atoms with Gasteiger partial charge in [0.2, 0.25) is 0 Å². The average Bonchev–Trinajstić information content (AvgIpc) is 2.91. The zero-order valence-electron chi connectivity index (χ0n) is 10.3. The van der Waals surface area contributed by atoms with Gasteiger partial charge in [0, 0.05) is 36.7 Å². The molecule has 1 aromatic carbocycles. The second kappa shape index (κ2) is 6.11. The van der Waals surface area contributed by atoms with Gasteiger partial charge in [0.15, 0.2) is 0 Å². The van der Waals surface area contributed by atoms with Gasteiger partial charge in [-0.2, -0.15) is 0 Å². The summed E-state index contributed by atoms with van der Waals surface area (Å²) in [5, 5.41) is 25.5. The summed E-state index contributed by atoms with van der Waals surface area (Å²) in [6.07, 6.45) is 2.31. The third kappa shape index (κ3) is 3.29. The van der Waals surface area contributed by atoms with Crippen molar-refractivity contribution >= 4 is 28.7 Å². The quantitative estimate of drug-likeness (QED) is 0.626. The van der Waals surface area contributed by atoms with Crippen molar-refractivity contribution in [1.82, 2.24) is 4.98 Å². The molecule has 2 N–H and O–H groups in total. The second-order valence-electron chi connectivity index (χ2n) is 3.89. The van der Waals surface area contributed by atoms with Gasteiger partial charge in [0.1, 0.15) is 0 Å². The normalized spacial score (nSPS) is 10.2. The van der Waals surface area contributed by atoms with E-state index in [0.29, 0.717) is 13.0 Å². The summed E-state index contributed by atoms with van der Waals surface area (Å²) in [4.78, 5) is 25.3. The van der Waals surface area contributed by atoms with Gasteiger partial charge >= 0.3 is 5.97 Å². The van der Waals surface area contributed by atoms with Crippen molar-refractivity contribution in [2.75, 3.05) is 11.9 Å². The van der Waals surface area contributed by atoms with Crippen LogP contribution in [0.1, 0.15) is 15.4 Å². The minimum atomic E-state index is -1.13. The van der Waals surface area contributed by atoms with Crippen LogP contribution in [0.3, 0.4) is 0 Å². The molecular weight excluding hydrogens is 282 g/mol. The van der Waals surface area contributed by atoms with E-state index in [4.69, 9.17) is 5.11 Å². The van der Waals surface area contributed by atoms with Gasteiger partial charge in [-0.05, 0) is 6.07 Å². The van der Waals surface area contributed by atoms with E-state index in [1.807, 2.05) is 5.38 Å². The molecule has 1 heterocycles. The van der Waals surface area contributed by atoms with Crippen molar-refractivity contribution in [2.24, 2.45) is 0 Å². The number of rotatable bonds is 6. The molecule has 0 atom stereocenters. The van der Waals surface area contributed by atoms with Gasteiger partial charge in [-0.1, -0.05) is 0 Å². The van der Waals surface area contributed by atoms with Gasteiger partial charge < -0.3 is 10.4 Å². The fourth-order valence-corrected chi connectivity index (χ4v) is 2.28. The van der Waals surface area contributed by atoms with Crippen LogP contribution in [-0.4, -0.2) is 27.5 Å². The van der Waals surface area contributed by atoms with Crippen LogP contribution in [0.4, 0.5) is 11.4 Å². The number of aromatic carboxylic acids is 1. The number of carboxylic acids is 1. The lowest BCUT2D eigenvalue weighted by Crippen LogP contribution is -2.10. The summed E-state index contributed by atoms with van der Waals surface area (Å²) in [5.74, 6) is -1.13. The highest BCUT2D eigenvalue weighted by atomic mass is 32.1. The number of carbonyl (C=O) groups is 1. The predicted octanol–water partition coefficient (Wildman–Crippen LogP) is 2.40. The average molecular weight is 293 g/mol. The maximum atomic E-state index is 11.1. The molecule has 7 nitrogen and oxygen atoms in total. The topological polar surface area (TPSA) is 105 Å². The summed E-state index contributed by atoms with van der Waals surface area (Å²) in [6, 6.07) is 3.63. The first-order chi connectivity index (χ1) is 9.58. The Balaban J connectivity index is 2.13. The molecule has 8 heteroatoms. The van der Waals surface area contributed by atoms with Crippen molar-refractivity contribution < 1.29 is 14.8 Å². The number of anilines is 1. The van der Waals surface area contributed by atoms with E-state index in [-0.39, 0.29) is 16.9 Å². The molecule has 20 heavy (non-hydrogen) atoms. The number of nitrogens with one attached hydrogen (secondary N) is 1. The zero-order valence-corrected chi connectivity index (χ0v) is 11.1. The number of carboxylic acid groups (broad SMARTS) is 1. The molecule has 104 valence electrons. The first-order valence-corrected chi connectivity index (χ1v) is 6.60. The van der Waals surface area contributed by atoms with E-state index in [9.17, 15) is 14.9 Å². The number of thiazole rings is 1. The zero-order chi connectivity index (χ0) is 14.5. The first-order valence-electron chi connectivity index (χ1n) is 5.72. The lowest BCUT2D eigenvalue weighted by Gasteiger charge is -2.08. The van der Waals surface area contributed by atoms with Crippen molar-refractivity contribution in [3.8, 4) is 0 Å². The highest BCUT2D eigenvalue weighted by Gasteiger charge is 2.15. The smallest absolute Gasteiger partial charge is 0.337 e. The fraction of sp³-hybridized carbons (Fsp3) is 0.167. The predicted molar refractivity (Wildman–Crippen MR) is 74.4 cm³/mol. The van der Waals surface area contributed by atoms with Crippen LogP contribution in [0.5, 0.6) is 0 Å². The van der Waals surface area contributed by atoms with Crippen LogP contribution in [0.25, 0.3) is 0 Å². The SMILES string of the molecule is O=C(O)c1ccc([N+](=O)[O-])cc1NCCc1nccs1. The van der Waals surface area contributed by atoms with Gasteiger partial charge in [-0.25, -0.2) is 9.78 Å². The number of benzene rings is 1. The Kier molecular flexibility index (Phi) is 4.26. The van der Waals surface area contributed by atoms with Crippen LogP contribution < -0.4 is 5.32 Å². The molecule has 2 aromatic rings. The summed E-state index contributed by atoms with van der Waals surface area (Å²) in [5.41, 5.74) is 0.102. The Morgan fingerprint density at radius 1 is 1.50 bits per heavy atom. The van der Waals surface area contributed by atoms with Crippen molar-refractivity contribution in [1.29, 1.82) is 0 Å². The highest BCUT2D eigenvalue weighted by molar-refractivity contribution is 7.09. The molecule has 1 aromatic heterocycles. The molecule has 0 radical (unpaired) electrons. The molecule has 0 spiro atoms. The number of nitro groups is 1. The lowest BCUT2D eigenvalue weighted by atomic mass is 10.1. The first kappa shape index (κ1) is 13.9. The molecule has 0 saturated heterocycles. The van der Waals surface area contributed by atoms with E-state index in [1.165, 1.54) is 29.5 Å². The Hall–Kier alpha value is -2.48. The van der Waals surface area contributed by atoms with E-state index in [2.05, 4.69) is 10.3 Å². The van der Waals surface area contributed by atoms with E-state index in [0.717, 1.165) is 5.01 Å². The molecule has 0 aliphatic carbocycles. The van der Waals surface area contributed by atoms with Crippen LogP contribution in [0.15, 0.2) is 29.8 Å². The monoisotopic (exact) mass is 293 g/mol. The second-order valence-corrected chi connectivity index (χ2v) is 4.87. The third-order valence-corrected chi connectivity index (χ3v) is 3.42. The largest absolute Gasteiger partial charge is 0.478 e. The van der Waals surface area contributed by atoms with Crippen molar-refractivity contribution in [2.45, 2.75) is 6.42 Å². The molecule has 0 unspecified atom stereocenters. The molecular formula is C12H11N3O4S. The molecule has 2 rings (SSSR count). The van der Waals surface area contributed by atoms with E-state index < -0.39 is 10.9 Å². The van der Waals surface area contributed by atoms with Gasteiger partial charge in [0.05, 0.1) is 21.2 Å². The Morgan fingerprint density at radius 3 is 2.90 bits per heavy atom. The van der Waals surface area contributed by atoms with Crippen LogP contribution in [0, 0.1) is 10.1 Å². The number of aromatic nitrogens is 1. The molecule has 0 fully saturated rings. The third-order valence-electron chi connectivity index (χ3n) is 2.58. The number of nitrogens with zero attached hydrogens (tertiary/aromatic N) is 2. The summed E-state index contributed by atoms with van der Waals surface area (Å²) in [6.45, 7) is 0.453. The lowest BCUT2D eigenvalue weighted by molar-refractivity contribution is -0.384. The number of hydrogen-bond donors (Lipinski definition) is 2. The van der Waals surface area contributed by atoms with E-state index in [1.54, 1.807) is 6.20 Å². The Labute approximate surface area is 118 Å². The minimum Gasteiger partial charge on any atom is -0.478 e. The molecule has 0 bridgehead atoms. The summed E-state index contributed by atoms with van der Waals surface area (Å²) < 4.78 is 0. The van der Waals surface area contributed by atoms with Crippen molar-refractivity contribution in [3.63, 3.8) is 0 Å². The maximum absolute atomic E-state index is 11.1. The molecule has 0 aliphatic rings. The number of hydrogen-bond acceptors (Lipinski definition) is 6. The van der Waals surface area contributed by atoms with Crippen LogP contribution in [-0.2, 0) is 6.42 Å². The molecule has 0 saturated carbocycles. The molecule has 0 amide bonds. The highest BCUT2D eigenvalue weighted by Crippen LogP contribution is 2.22. The summed E-state index contributed by atoms with van der Waals surface area (Å²) in [7, 11) is 0. The Bertz CT molecular complexity index is 628. The van der Waals surface area contributed by atoms with Gasteiger partial charge in [-0.15, -0.1) is 11.3 Å². The summed E-state index contributed by atoms with van der Waals surface area (Å²) >= 11 is 1.50. The van der Waals surface area contributed by atoms with Gasteiger partial charge in [-0.3, -0.25) is 10.1 Å². The molecule has 0 aliphatic heterocycles. The minimum absolute atomic E-state index is 0.00902. The van der Waals surface area contributed by atoms with Crippen LogP contribution in [0.2, 0.25) is 0 Å². The maximum Gasteiger partial charge on any atom is 0.337 e. The number of non-ortho nitro benzene ring substituents is 1. The Morgan fingerprint density at radius 2 is 2.30 bits per heavy atom.